The van der Waals surface area contributed by atoms with Crippen LogP contribution >= 0.6 is 0 Å². The Hall–Kier alpha value is -3.00. The molecule has 5 nitrogen and oxygen atoms in total. The summed E-state index contributed by atoms with van der Waals surface area (Å²) in [5, 5.41) is 20.8. The highest BCUT2D eigenvalue weighted by Crippen LogP contribution is 2.21. The number of carbonyl (C=O) groups is 1. The van der Waals surface area contributed by atoms with Crippen molar-refractivity contribution in [3.63, 3.8) is 0 Å². The molecule has 0 amide bonds. The minimum Gasteiger partial charge on any atom is -0.478 e. The zero-order chi connectivity index (χ0) is 14.5. The first-order chi connectivity index (χ1) is 9.60. The molecule has 0 saturated heterocycles. The molecule has 0 radical (unpaired) electrons. The molecule has 0 saturated carbocycles. The van der Waals surface area contributed by atoms with Crippen molar-refractivity contribution in [2.45, 2.75) is 6.54 Å². The van der Waals surface area contributed by atoms with Crippen LogP contribution in [0, 0.1) is 11.3 Å². The molecule has 0 aromatic heterocycles. The Morgan fingerprint density at radius 3 is 2.55 bits per heavy atom. The molecule has 2 rings (SSSR count). The van der Waals surface area contributed by atoms with Crippen LogP contribution < -0.4 is 11.1 Å². The number of aromatic carboxylic acids is 1. The molecule has 20 heavy (non-hydrogen) atoms. The van der Waals surface area contributed by atoms with Gasteiger partial charge in [-0.05, 0) is 35.9 Å². The van der Waals surface area contributed by atoms with E-state index in [4.69, 9.17) is 16.1 Å². The van der Waals surface area contributed by atoms with E-state index in [-0.39, 0.29) is 5.56 Å². The summed E-state index contributed by atoms with van der Waals surface area (Å²) >= 11 is 0. The number of carboxylic acids is 1. The number of hydrogen-bond donors (Lipinski definition) is 3. The van der Waals surface area contributed by atoms with Gasteiger partial charge in [0.05, 0.1) is 28.6 Å². The van der Waals surface area contributed by atoms with Crippen LogP contribution in [-0.4, -0.2) is 11.1 Å². The van der Waals surface area contributed by atoms with Gasteiger partial charge in [-0.15, -0.1) is 0 Å². The van der Waals surface area contributed by atoms with E-state index in [1.807, 2.05) is 12.1 Å². The van der Waals surface area contributed by atoms with E-state index in [1.165, 1.54) is 12.1 Å². The maximum Gasteiger partial charge on any atom is 0.335 e. The second-order valence-electron chi connectivity index (χ2n) is 4.27. The lowest BCUT2D eigenvalue weighted by Gasteiger charge is -2.10. The van der Waals surface area contributed by atoms with Crippen molar-refractivity contribution in [3.05, 3.63) is 59.2 Å². The van der Waals surface area contributed by atoms with Crippen LogP contribution in [0.3, 0.4) is 0 Å². The molecule has 0 aliphatic heterocycles. The largest absolute Gasteiger partial charge is 0.478 e. The first kappa shape index (κ1) is 13.4. The molecule has 0 atom stereocenters. The number of carboxylic acid groups (broad SMARTS) is 1. The van der Waals surface area contributed by atoms with Crippen LogP contribution in [-0.2, 0) is 6.54 Å². The molecule has 0 spiro atoms. The number of anilines is 2. The van der Waals surface area contributed by atoms with Crippen molar-refractivity contribution in [2.75, 3.05) is 11.1 Å². The van der Waals surface area contributed by atoms with Crippen LogP contribution in [0.5, 0.6) is 0 Å². The Kier molecular flexibility index (Phi) is 3.87. The third kappa shape index (κ3) is 3.06. The van der Waals surface area contributed by atoms with Gasteiger partial charge < -0.3 is 16.2 Å². The molecule has 4 N–H and O–H groups in total. The summed E-state index contributed by atoms with van der Waals surface area (Å²) in [6.45, 7) is 0.499. The van der Waals surface area contributed by atoms with Gasteiger partial charge in [-0.1, -0.05) is 12.1 Å². The van der Waals surface area contributed by atoms with Crippen molar-refractivity contribution >= 4 is 17.3 Å². The highest BCUT2D eigenvalue weighted by atomic mass is 16.4. The Labute approximate surface area is 116 Å². The van der Waals surface area contributed by atoms with Crippen molar-refractivity contribution in [1.29, 1.82) is 5.26 Å². The minimum absolute atomic E-state index is 0.182. The number of nitrogen functional groups attached to an aromatic ring is 1. The van der Waals surface area contributed by atoms with E-state index < -0.39 is 5.97 Å². The second kappa shape index (κ2) is 5.76. The predicted octanol–water partition coefficient (Wildman–Crippen LogP) is 2.45. The molecule has 0 aliphatic rings. The molecule has 2 aromatic rings. The molecule has 100 valence electrons. The molecular formula is C15H13N3O2. The van der Waals surface area contributed by atoms with Crippen molar-refractivity contribution in [1.82, 2.24) is 0 Å². The maximum absolute atomic E-state index is 10.9. The first-order valence-corrected chi connectivity index (χ1v) is 5.96. The summed E-state index contributed by atoms with van der Waals surface area (Å²) in [4.78, 5) is 10.9. The number of nitrogens with zero attached hydrogens (tertiary/aromatic N) is 1. The van der Waals surface area contributed by atoms with E-state index in [9.17, 15) is 4.79 Å². The smallest absolute Gasteiger partial charge is 0.335 e. The average molecular weight is 267 g/mol. The van der Waals surface area contributed by atoms with Crippen LogP contribution in [0.25, 0.3) is 0 Å². The number of rotatable bonds is 4. The zero-order valence-corrected chi connectivity index (χ0v) is 10.6. The standard InChI is InChI=1S/C15H13N3O2/c16-8-10-1-3-11(4-2-10)9-18-14-7-12(15(19)20)5-6-13(14)17/h1-7,18H,9,17H2,(H,19,20). The third-order valence-corrected chi connectivity index (χ3v) is 2.87. The summed E-state index contributed by atoms with van der Waals surface area (Å²) in [6.07, 6.45) is 0. The Morgan fingerprint density at radius 1 is 1.25 bits per heavy atom. The molecule has 2 aromatic carbocycles. The van der Waals surface area contributed by atoms with E-state index in [1.54, 1.807) is 18.2 Å². The van der Waals surface area contributed by atoms with Crippen molar-refractivity contribution < 1.29 is 9.90 Å². The fraction of sp³-hybridized carbons (Fsp3) is 0.0667. The van der Waals surface area contributed by atoms with Crippen LogP contribution in [0.4, 0.5) is 11.4 Å². The minimum atomic E-state index is -0.994. The molecule has 0 aliphatic carbocycles. The number of nitrogens with one attached hydrogen (secondary N) is 1. The summed E-state index contributed by atoms with van der Waals surface area (Å²) in [5.41, 5.74) is 8.62. The summed E-state index contributed by atoms with van der Waals surface area (Å²) in [6, 6.07) is 13.7. The van der Waals surface area contributed by atoms with Gasteiger partial charge in [0.1, 0.15) is 0 Å². The molecule has 0 heterocycles. The monoisotopic (exact) mass is 267 g/mol. The summed E-state index contributed by atoms with van der Waals surface area (Å²) in [7, 11) is 0. The highest BCUT2D eigenvalue weighted by molar-refractivity contribution is 5.90. The number of nitriles is 1. The number of hydrogen-bond acceptors (Lipinski definition) is 4. The molecule has 5 heteroatoms. The molecular weight excluding hydrogens is 254 g/mol. The quantitative estimate of drug-likeness (QED) is 0.739. The van der Waals surface area contributed by atoms with Gasteiger partial charge in [0.2, 0.25) is 0 Å². The van der Waals surface area contributed by atoms with Gasteiger partial charge in [0.15, 0.2) is 0 Å². The van der Waals surface area contributed by atoms with Gasteiger partial charge in [-0.2, -0.15) is 5.26 Å². The van der Waals surface area contributed by atoms with Crippen LogP contribution in [0.15, 0.2) is 42.5 Å². The van der Waals surface area contributed by atoms with Gasteiger partial charge in [-0.25, -0.2) is 4.79 Å². The average Bonchev–Trinajstić information content (AvgIpc) is 2.46. The number of benzene rings is 2. The second-order valence-corrected chi connectivity index (χ2v) is 4.27. The van der Waals surface area contributed by atoms with E-state index >= 15 is 0 Å². The van der Waals surface area contributed by atoms with Crippen molar-refractivity contribution in [2.24, 2.45) is 0 Å². The molecule has 0 unspecified atom stereocenters. The fourth-order valence-corrected chi connectivity index (χ4v) is 1.74. The number of nitrogens with two attached hydrogens (primary N) is 1. The fourth-order valence-electron chi connectivity index (χ4n) is 1.74. The molecule has 0 fully saturated rings. The van der Waals surface area contributed by atoms with E-state index in [0.29, 0.717) is 23.5 Å². The SMILES string of the molecule is N#Cc1ccc(CNc2cc(C(=O)O)ccc2N)cc1. The normalized spacial score (nSPS) is 9.75. The first-order valence-electron chi connectivity index (χ1n) is 5.96. The van der Waals surface area contributed by atoms with Crippen molar-refractivity contribution in [3.8, 4) is 6.07 Å². The van der Waals surface area contributed by atoms with Gasteiger partial charge in [0, 0.05) is 6.54 Å². The van der Waals surface area contributed by atoms with E-state index in [2.05, 4.69) is 11.4 Å². The lowest BCUT2D eigenvalue weighted by Crippen LogP contribution is -2.05. The zero-order valence-electron chi connectivity index (χ0n) is 10.6. The summed E-state index contributed by atoms with van der Waals surface area (Å²) < 4.78 is 0. The highest BCUT2D eigenvalue weighted by Gasteiger charge is 2.06. The van der Waals surface area contributed by atoms with E-state index in [0.717, 1.165) is 5.56 Å². The topological polar surface area (TPSA) is 99.1 Å². The van der Waals surface area contributed by atoms with Gasteiger partial charge in [0.25, 0.3) is 0 Å². The molecule has 0 bridgehead atoms. The van der Waals surface area contributed by atoms with Gasteiger partial charge >= 0.3 is 5.97 Å². The van der Waals surface area contributed by atoms with Gasteiger partial charge in [-0.3, -0.25) is 0 Å². The lowest BCUT2D eigenvalue weighted by molar-refractivity contribution is 0.0697. The predicted molar refractivity (Wildman–Crippen MR) is 76.3 cm³/mol. The Morgan fingerprint density at radius 2 is 1.95 bits per heavy atom. The van der Waals surface area contributed by atoms with Crippen LogP contribution in [0.1, 0.15) is 21.5 Å². The maximum atomic E-state index is 10.9. The third-order valence-electron chi connectivity index (χ3n) is 2.87. The lowest BCUT2D eigenvalue weighted by atomic mass is 10.1. The summed E-state index contributed by atoms with van der Waals surface area (Å²) in [5.74, 6) is -0.994. The Balaban J connectivity index is 2.12. The Bertz CT molecular complexity index is 673. The van der Waals surface area contributed by atoms with Crippen LogP contribution in [0.2, 0.25) is 0 Å².